The number of nitrogens with one attached hydrogen (secondary N) is 1. The SMILES string of the molecule is Cn1ccc(/C=C2/C(=O)NC(=O)N(c3ccc(Cl)c(Cl)c3)C2=O)c1. The van der Waals surface area contributed by atoms with E-state index >= 15 is 0 Å². The average molecular weight is 364 g/mol. The molecule has 1 aliphatic rings. The number of anilines is 1. The minimum Gasteiger partial charge on any atom is -0.357 e. The highest BCUT2D eigenvalue weighted by Gasteiger charge is 2.37. The Hall–Kier alpha value is -2.57. The predicted octanol–water partition coefficient (Wildman–Crippen LogP) is 3.00. The van der Waals surface area contributed by atoms with Crippen LogP contribution in [0.4, 0.5) is 10.5 Å². The molecule has 4 amide bonds. The van der Waals surface area contributed by atoms with Crippen LogP contribution in [0.3, 0.4) is 0 Å². The number of aromatic nitrogens is 1. The molecule has 1 aromatic carbocycles. The maximum atomic E-state index is 12.6. The zero-order chi connectivity index (χ0) is 17.4. The first kappa shape index (κ1) is 16.3. The van der Waals surface area contributed by atoms with Crippen LogP contribution in [0.2, 0.25) is 10.0 Å². The van der Waals surface area contributed by atoms with Crippen molar-refractivity contribution < 1.29 is 14.4 Å². The number of amides is 4. The topological polar surface area (TPSA) is 71.4 Å². The minimum atomic E-state index is -0.839. The molecule has 0 saturated carbocycles. The van der Waals surface area contributed by atoms with Crippen molar-refractivity contribution in [3.05, 3.63) is 57.8 Å². The van der Waals surface area contributed by atoms with Gasteiger partial charge < -0.3 is 4.57 Å². The first-order valence-corrected chi connectivity index (χ1v) is 7.61. The summed E-state index contributed by atoms with van der Waals surface area (Å²) in [6.07, 6.45) is 4.95. The Kier molecular flexibility index (Phi) is 4.17. The van der Waals surface area contributed by atoms with Gasteiger partial charge in [0.15, 0.2) is 0 Å². The van der Waals surface area contributed by atoms with Gasteiger partial charge in [0.2, 0.25) is 0 Å². The van der Waals surface area contributed by atoms with Crippen LogP contribution in [0.15, 0.2) is 42.2 Å². The van der Waals surface area contributed by atoms with Gasteiger partial charge in [-0.25, -0.2) is 9.69 Å². The summed E-state index contributed by atoms with van der Waals surface area (Å²) in [7, 11) is 1.82. The largest absolute Gasteiger partial charge is 0.357 e. The first-order chi connectivity index (χ1) is 11.4. The molecular formula is C16H11Cl2N3O3. The van der Waals surface area contributed by atoms with E-state index in [-0.39, 0.29) is 16.3 Å². The summed E-state index contributed by atoms with van der Waals surface area (Å²) in [5.74, 6) is -1.48. The lowest BCUT2D eigenvalue weighted by molar-refractivity contribution is -0.122. The number of urea groups is 1. The minimum absolute atomic E-state index is 0.146. The zero-order valence-electron chi connectivity index (χ0n) is 12.4. The Bertz CT molecular complexity index is 902. The van der Waals surface area contributed by atoms with E-state index < -0.39 is 17.8 Å². The molecule has 0 bridgehead atoms. The third-order valence-corrected chi connectivity index (χ3v) is 4.17. The molecular weight excluding hydrogens is 353 g/mol. The molecule has 2 aromatic rings. The summed E-state index contributed by atoms with van der Waals surface area (Å²) in [5, 5.41) is 2.63. The standard InChI is InChI=1S/C16H11Cl2N3O3/c1-20-5-4-9(8-20)6-11-14(22)19-16(24)21(15(11)23)10-2-3-12(17)13(18)7-10/h2-8H,1H3,(H,19,22,24)/b11-6-. The van der Waals surface area contributed by atoms with Gasteiger partial charge in [0.25, 0.3) is 11.8 Å². The second-order valence-corrected chi connectivity index (χ2v) is 5.98. The van der Waals surface area contributed by atoms with Gasteiger partial charge in [0.05, 0.1) is 15.7 Å². The fourth-order valence-electron chi connectivity index (χ4n) is 2.29. The van der Waals surface area contributed by atoms with Crippen LogP contribution in [-0.2, 0) is 16.6 Å². The second kappa shape index (κ2) is 6.14. The summed E-state index contributed by atoms with van der Waals surface area (Å²) >= 11 is 11.8. The molecule has 1 aromatic heterocycles. The second-order valence-electron chi connectivity index (χ2n) is 5.17. The molecule has 2 heterocycles. The van der Waals surface area contributed by atoms with Gasteiger partial charge in [-0.15, -0.1) is 0 Å². The number of hydrogen-bond donors (Lipinski definition) is 1. The van der Waals surface area contributed by atoms with Crippen molar-refractivity contribution >= 4 is 52.8 Å². The average Bonchev–Trinajstić information content (AvgIpc) is 2.92. The van der Waals surface area contributed by atoms with Crippen molar-refractivity contribution in [1.82, 2.24) is 9.88 Å². The Balaban J connectivity index is 2.02. The van der Waals surface area contributed by atoms with E-state index in [1.54, 1.807) is 23.0 Å². The van der Waals surface area contributed by atoms with E-state index in [2.05, 4.69) is 5.32 Å². The van der Waals surface area contributed by atoms with Crippen LogP contribution in [0.25, 0.3) is 6.08 Å². The first-order valence-electron chi connectivity index (χ1n) is 6.85. The van der Waals surface area contributed by atoms with Crippen molar-refractivity contribution in [2.24, 2.45) is 7.05 Å². The molecule has 1 fully saturated rings. The monoisotopic (exact) mass is 363 g/mol. The zero-order valence-corrected chi connectivity index (χ0v) is 13.9. The summed E-state index contributed by atoms with van der Waals surface area (Å²) in [5.41, 5.74) is 0.740. The van der Waals surface area contributed by atoms with Gasteiger partial charge in [0, 0.05) is 19.4 Å². The van der Waals surface area contributed by atoms with Gasteiger partial charge >= 0.3 is 6.03 Å². The quantitative estimate of drug-likeness (QED) is 0.658. The predicted molar refractivity (Wildman–Crippen MR) is 90.9 cm³/mol. The van der Waals surface area contributed by atoms with E-state index in [0.717, 1.165) is 4.90 Å². The van der Waals surface area contributed by atoms with Crippen molar-refractivity contribution in [2.75, 3.05) is 4.90 Å². The fraction of sp³-hybridized carbons (Fsp3) is 0.0625. The van der Waals surface area contributed by atoms with E-state index in [1.807, 2.05) is 7.05 Å². The van der Waals surface area contributed by atoms with Crippen molar-refractivity contribution in [3.63, 3.8) is 0 Å². The molecule has 1 saturated heterocycles. The Labute approximate surface area is 147 Å². The lowest BCUT2D eigenvalue weighted by Crippen LogP contribution is -2.54. The highest BCUT2D eigenvalue weighted by Crippen LogP contribution is 2.29. The number of halogens is 2. The Morgan fingerprint density at radius 1 is 1.08 bits per heavy atom. The van der Waals surface area contributed by atoms with Crippen LogP contribution in [-0.4, -0.2) is 22.4 Å². The number of nitrogens with zero attached hydrogens (tertiary/aromatic N) is 2. The third-order valence-electron chi connectivity index (χ3n) is 3.43. The molecule has 0 aliphatic carbocycles. The number of aryl methyl sites for hydroxylation is 1. The molecule has 6 nitrogen and oxygen atoms in total. The van der Waals surface area contributed by atoms with Gasteiger partial charge in [-0.05, 0) is 35.9 Å². The molecule has 24 heavy (non-hydrogen) atoms. The van der Waals surface area contributed by atoms with Crippen LogP contribution in [0.1, 0.15) is 5.56 Å². The molecule has 1 aliphatic heterocycles. The molecule has 0 spiro atoms. The molecule has 1 N–H and O–H groups in total. The van der Waals surface area contributed by atoms with Gasteiger partial charge in [0.1, 0.15) is 5.57 Å². The molecule has 122 valence electrons. The number of benzene rings is 1. The van der Waals surface area contributed by atoms with Crippen molar-refractivity contribution in [3.8, 4) is 0 Å². The Morgan fingerprint density at radius 2 is 1.83 bits per heavy atom. The number of carbonyl (C=O) groups excluding carboxylic acids is 3. The lowest BCUT2D eigenvalue weighted by Gasteiger charge is -2.26. The number of carbonyl (C=O) groups is 3. The van der Waals surface area contributed by atoms with Crippen LogP contribution in [0.5, 0.6) is 0 Å². The van der Waals surface area contributed by atoms with E-state index in [4.69, 9.17) is 23.2 Å². The normalized spacial score (nSPS) is 16.7. The molecule has 0 atom stereocenters. The summed E-state index contributed by atoms with van der Waals surface area (Å²) in [4.78, 5) is 37.6. The summed E-state index contributed by atoms with van der Waals surface area (Å²) in [6.45, 7) is 0. The molecule has 8 heteroatoms. The maximum absolute atomic E-state index is 12.6. The maximum Gasteiger partial charge on any atom is 0.335 e. The Morgan fingerprint density at radius 3 is 2.46 bits per heavy atom. The summed E-state index contributed by atoms with van der Waals surface area (Å²) < 4.78 is 1.78. The smallest absolute Gasteiger partial charge is 0.335 e. The molecule has 0 unspecified atom stereocenters. The molecule has 0 radical (unpaired) electrons. The number of barbiturate groups is 1. The van der Waals surface area contributed by atoms with Crippen molar-refractivity contribution in [1.29, 1.82) is 0 Å². The van der Waals surface area contributed by atoms with Crippen LogP contribution in [0, 0.1) is 0 Å². The summed E-state index contributed by atoms with van der Waals surface area (Å²) in [6, 6.07) is 5.23. The van der Waals surface area contributed by atoms with E-state index in [9.17, 15) is 14.4 Å². The lowest BCUT2D eigenvalue weighted by atomic mass is 10.1. The van der Waals surface area contributed by atoms with Crippen molar-refractivity contribution in [2.45, 2.75) is 0 Å². The number of hydrogen-bond acceptors (Lipinski definition) is 3. The van der Waals surface area contributed by atoms with Crippen LogP contribution >= 0.6 is 23.2 Å². The van der Waals surface area contributed by atoms with Crippen LogP contribution < -0.4 is 10.2 Å². The third kappa shape index (κ3) is 2.93. The number of rotatable bonds is 2. The fourth-order valence-corrected chi connectivity index (χ4v) is 2.59. The molecule has 3 rings (SSSR count). The van der Waals surface area contributed by atoms with E-state index in [0.29, 0.717) is 10.6 Å². The highest BCUT2D eigenvalue weighted by atomic mass is 35.5. The number of imide groups is 2. The highest BCUT2D eigenvalue weighted by molar-refractivity contribution is 6.43. The van der Waals surface area contributed by atoms with Gasteiger partial charge in [-0.2, -0.15) is 0 Å². The van der Waals surface area contributed by atoms with Gasteiger partial charge in [-0.1, -0.05) is 23.2 Å². The van der Waals surface area contributed by atoms with E-state index in [1.165, 1.54) is 24.3 Å². The van der Waals surface area contributed by atoms with Gasteiger partial charge in [-0.3, -0.25) is 14.9 Å².